The zero-order valence-corrected chi connectivity index (χ0v) is 19.7. The number of nitrogens with one attached hydrogen (secondary N) is 1. The van der Waals surface area contributed by atoms with Crippen LogP contribution in [0.2, 0.25) is 6.82 Å². The van der Waals surface area contributed by atoms with Gasteiger partial charge >= 0.3 is 0 Å². The third-order valence-electron chi connectivity index (χ3n) is 5.99. The molecule has 2 N–H and O–H groups in total. The molecule has 0 saturated heterocycles. The molecule has 8 heteroatoms. The number of pyridine rings is 1. The summed E-state index contributed by atoms with van der Waals surface area (Å²) in [5.41, 5.74) is 3.47. The summed E-state index contributed by atoms with van der Waals surface area (Å²) in [7, 11) is -0.417. The van der Waals surface area contributed by atoms with E-state index < -0.39 is 16.1 Å². The van der Waals surface area contributed by atoms with Crippen molar-refractivity contribution in [2.75, 3.05) is 20.1 Å². The van der Waals surface area contributed by atoms with Crippen LogP contribution in [-0.4, -0.2) is 61.9 Å². The second-order valence-electron chi connectivity index (χ2n) is 9.19. The van der Waals surface area contributed by atoms with Crippen molar-refractivity contribution in [2.45, 2.75) is 56.5 Å². The maximum atomic E-state index is 12.8. The smallest absolute Gasteiger partial charge is 0.244 e. The van der Waals surface area contributed by atoms with E-state index in [0.29, 0.717) is 12.5 Å². The molecular formula is C23H33BN3O3S. The topological polar surface area (TPSA) is 82.5 Å². The normalized spacial score (nSPS) is 15.8. The Balaban J connectivity index is 1.51. The standard InChI is InChI=1S/C23H33BN3O3S/c1-23(2,12-17-9-18-7-5-6-8-19(18)10-17)26-14-21(28)16-27(4)31(29,30)22-11-20(24-3)13-25-15-22/h5-8,11,13,15,17,21,26,28H,9-10,12,14,16H2,1-4H3/t21-/m1/s1. The number of likely N-dealkylation sites (N-methyl/N-ethyl adjacent to an activating group) is 1. The molecule has 3 rings (SSSR count). The highest BCUT2D eigenvalue weighted by Crippen LogP contribution is 2.31. The van der Waals surface area contributed by atoms with Gasteiger partial charge in [-0.3, -0.25) is 4.98 Å². The highest BCUT2D eigenvalue weighted by atomic mass is 32.2. The van der Waals surface area contributed by atoms with Crippen LogP contribution in [0.15, 0.2) is 47.6 Å². The van der Waals surface area contributed by atoms with Gasteiger partial charge in [-0.1, -0.05) is 36.6 Å². The van der Waals surface area contributed by atoms with Crippen molar-refractivity contribution >= 4 is 22.8 Å². The number of β-amino-alcohol motifs (C(OH)–C–C–N with tert-alkyl or cyclic N) is 1. The molecule has 1 aliphatic carbocycles. The van der Waals surface area contributed by atoms with Crippen molar-refractivity contribution in [1.29, 1.82) is 0 Å². The first-order chi connectivity index (χ1) is 14.6. The number of aliphatic hydroxyl groups excluding tert-OH is 1. The summed E-state index contributed by atoms with van der Waals surface area (Å²) in [5.74, 6) is 0.579. The van der Waals surface area contributed by atoms with Gasteiger partial charge in [-0.2, -0.15) is 4.31 Å². The number of rotatable bonds is 10. The molecule has 2 aromatic rings. The molecule has 0 fully saturated rings. The first-order valence-electron chi connectivity index (χ1n) is 10.8. The summed E-state index contributed by atoms with van der Waals surface area (Å²) in [6.45, 7) is 6.45. The summed E-state index contributed by atoms with van der Waals surface area (Å²) >= 11 is 0. The summed E-state index contributed by atoms with van der Waals surface area (Å²) in [6.07, 6.45) is 5.32. The van der Waals surface area contributed by atoms with E-state index in [1.807, 2.05) is 6.82 Å². The third kappa shape index (κ3) is 6.16. The van der Waals surface area contributed by atoms with Crippen LogP contribution in [0.3, 0.4) is 0 Å². The largest absolute Gasteiger partial charge is 0.390 e. The van der Waals surface area contributed by atoms with Gasteiger partial charge in [0, 0.05) is 38.1 Å². The number of hydrogen-bond donors (Lipinski definition) is 2. The van der Waals surface area contributed by atoms with Crippen molar-refractivity contribution in [3.8, 4) is 0 Å². The van der Waals surface area contributed by atoms with E-state index >= 15 is 0 Å². The second kappa shape index (κ2) is 9.82. The number of aliphatic hydroxyl groups is 1. The number of nitrogens with zero attached hydrogens (tertiary/aromatic N) is 2. The van der Waals surface area contributed by atoms with Crippen molar-refractivity contribution in [3.63, 3.8) is 0 Å². The number of benzene rings is 1. The summed E-state index contributed by atoms with van der Waals surface area (Å²) in [4.78, 5) is 4.14. The van der Waals surface area contributed by atoms with Crippen molar-refractivity contribution in [3.05, 3.63) is 53.9 Å². The average molecular weight is 442 g/mol. The molecule has 0 spiro atoms. The molecule has 1 aromatic carbocycles. The first kappa shape index (κ1) is 23.9. The Labute approximate surface area is 187 Å². The van der Waals surface area contributed by atoms with E-state index in [1.54, 1.807) is 19.5 Å². The predicted octanol–water partition coefficient (Wildman–Crippen LogP) is 1.61. The van der Waals surface area contributed by atoms with Crippen molar-refractivity contribution in [2.24, 2.45) is 5.92 Å². The van der Waals surface area contributed by atoms with Crippen LogP contribution in [0.25, 0.3) is 0 Å². The predicted molar refractivity (Wildman–Crippen MR) is 125 cm³/mol. The van der Waals surface area contributed by atoms with Crippen LogP contribution in [-0.2, 0) is 22.9 Å². The zero-order valence-electron chi connectivity index (χ0n) is 18.9. The molecule has 0 bridgehead atoms. The molecule has 1 heterocycles. The highest BCUT2D eigenvalue weighted by molar-refractivity contribution is 7.89. The summed E-state index contributed by atoms with van der Waals surface area (Å²) in [6, 6.07) is 10.2. The Kier molecular flexibility index (Phi) is 7.57. The Morgan fingerprint density at radius 1 is 1.26 bits per heavy atom. The SMILES string of the molecule is C[B]c1cncc(S(=O)(=O)N(C)C[C@H](O)CNC(C)(C)CC2Cc3ccccc3C2)c1. The number of aromatic nitrogens is 1. The van der Waals surface area contributed by atoms with Crippen LogP contribution in [0.1, 0.15) is 31.4 Å². The molecule has 1 aliphatic rings. The molecule has 0 saturated carbocycles. The Hall–Kier alpha value is -1.74. The van der Waals surface area contributed by atoms with Crippen molar-refractivity contribution < 1.29 is 13.5 Å². The molecule has 1 aromatic heterocycles. The maximum Gasteiger partial charge on any atom is 0.244 e. The van der Waals surface area contributed by atoms with E-state index in [-0.39, 0.29) is 17.0 Å². The third-order valence-corrected chi connectivity index (χ3v) is 7.78. The molecular weight excluding hydrogens is 409 g/mol. The minimum atomic E-state index is -3.71. The fourth-order valence-corrected chi connectivity index (χ4v) is 5.56. The van der Waals surface area contributed by atoms with E-state index in [2.05, 4.69) is 48.4 Å². The minimum Gasteiger partial charge on any atom is -0.390 e. The molecule has 1 atom stereocenters. The minimum absolute atomic E-state index is 0.0142. The van der Waals surface area contributed by atoms with Crippen LogP contribution in [0.4, 0.5) is 0 Å². The lowest BCUT2D eigenvalue weighted by atomic mass is 9.74. The quantitative estimate of drug-likeness (QED) is 0.547. The fourth-order valence-electron chi connectivity index (χ4n) is 4.36. The highest BCUT2D eigenvalue weighted by Gasteiger charge is 2.29. The van der Waals surface area contributed by atoms with Crippen molar-refractivity contribution in [1.82, 2.24) is 14.6 Å². The van der Waals surface area contributed by atoms with Gasteiger partial charge in [0.05, 0.1) is 11.0 Å². The lowest BCUT2D eigenvalue weighted by Crippen LogP contribution is -2.47. The lowest BCUT2D eigenvalue weighted by Gasteiger charge is -2.31. The van der Waals surface area contributed by atoms with E-state index in [0.717, 1.165) is 24.7 Å². The van der Waals surface area contributed by atoms with Crippen LogP contribution >= 0.6 is 0 Å². The maximum absolute atomic E-state index is 12.8. The van der Waals surface area contributed by atoms with E-state index in [9.17, 15) is 13.5 Å². The number of hydrogen-bond acceptors (Lipinski definition) is 5. The van der Waals surface area contributed by atoms with Gasteiger partial charge < -0.3 is 10.4 Å². The molecule has 1 radical (unpaired) electrons. The molecule has 0 unspecified atom stereocenters. The monoisotopic (exact) mass is 442 g/mol. The van der Waals surface area contributed by atoms with E-state index in [1.165, 1.54) is 28.7 Å². The Morgan fingerprint density at radius 3 is 2.52 bits per heavy atom. The molecule has 0 amide bonds. The van der Waals surface area contributed by atoms with Gasteiger partial charge in [0.15, 0.2) is 0 Å². The number of fused-ring (bicyclic) bond motifs is 1. The molecule has 31 heavy (non-hydrogen) atoms. The van der Waals surface area contributed by atoms with Crippen LogP contribution < -0.4 is 10.8 Å². The zero-order chi connectivity index (χ0) is 22.6. The van der Waals surface area contributed by atoms with E-state index in [4.69, 9.17) is 0 Å². The molecule has 6 nitrogen and oxygen atoms in total. The number of sulfonamides is 1. The van der Waals surface area contributed by atoms with Gasteiger partial charge in [0.2, 0.25) is 10.0 Å². The lowest BCUT2D eigenvalue weighted by molar-refractivity contribution is 0.135. The summed E-state index contributed by atoms with van der Waals surface area (Å²) < 4.78 is 26.8. The summed E-state index contributed by atoms with van der Waals surface area (Å²) in [5, 5.41) is 13.9. The van der Waals surface area contributed by atoms with Gasteiger partial charge in [-0.15, -0.1) is 0 Å². The first-order valence-corrected chi connectivity index (χ1v) is 12.3. The van der Waals surface area contributed by atoms with Gasteiger partial charge in [0.1, 0.15) is 7.28 Å². The second-order valence-corrected chi connectivity index (χ2v) is 11.2. The molecule has 0 aliphatic heterocycles. The van der Waals surface area contributed by atoms with Gasteiger partial charge in [-0.25, -0.2) is 8.42 Å². The Bertz CT molecular complexity index is 972. The van der Waals surface area contributed by atoms with Gasteiger partial charge in [0.25, 0.3) is 0 Å². The average Bonchev–Trinajstić information content (AvgIpc) is 3.13. The Morgan fingerprint density at radius 2 is 1.90 bits per heavy atom. The van der Waals surface area contributed by atoms with Crippen LogP contribution in [0.5, 0.6) is 0 Å². The van der Waals surface area contributed by atoms with Crippen LogP contribution in [0, 0.1) is 5.92 Å². The fraction of sp³-hybridized carbons (Fsp3) is 0.522. The van der Waals surface area contributed by atoms with Gasteiger partial charge in [-0.05, 0) is 56.2 Å². The molecule has 167 valence electrons.